The molecule has 3 saturated carbocycles. The van der Waals surface area contributed by atoms with Crippen molar-refractivity contribution in [2.75, 3.05) is 7.11 Å². The summed E-state index contributed by atoms with van der Waals surface area (Å²) in [6, 6.07) is 1.45. The van der Waals surface area contributed by atoms with Crippen LogP contribution in [-0.2, 0) is 19.1 Å². The maximum Gasteiger partial charge on any atom is 0.344 e. The van der Waals surface area contributed by atoms with E-state index in [1.807, 2.05) is 0 Å². The van der Waals surface area contributed by atoms with E-state index in [2.05, 4.69) is 20.8 Å². The molecule has 7 atom stereocenters. The van der Waals surface area contributed by atoms with E-state index in [0.29, 0.717) is 6.42 Å². The van der Waals surface area contributed by atoms with E-state index >= 15 is 0 Å². The van der Waals surface area contributed by atoms with Crippen LogP contribution in [0.15, 0.2) is 11.6 Å². The first-order chi connectivity index (χ1) is 17.8. The zero-order chi connectivity index (χ0) is 27.2. The Bertz CT molecular complexity index is 1390. The van der Waals surface area contributed by atoms with E-state index in [1.54, 1.807) is 0 Å². The summed E-state index contributed by atoms with van der Waals surface area (Å²) in [7, 11) is 1.36. The van der Waals surface area contributed by atoms with Crippen molar-refractivity contribution in [3.05, 3.63) is 22.8 Å². The average Bonchev–Trinajstić information content (AvgIpc) is 3.34. The zero-order valence-corrected chi connectivity index (χ0v) is 22.2. The van der Waals surface area contributed by atoms with Crippen LogP contribution in [0.3, 0.4) is 0 Å². The van der Waals surface area contributed by atoms with Crippen LogP contribution in [0.5, 0.6) is 17.2 Å². The molecule has 3 aliphatic heterocycles. The van der Waals surface area contributed by atoms with Gasteiger partial charge in [-0.05, 0) is 55.4 Å². The van der Waals surface area contributed by atoms with E-state index < -0.39 is 57.7 Å². The summed E-state index contributed by atoms with van der Waals surface area (Å²) in [4.78, 5) is 39.4. The van der Waals surface area contributed by atoms with Crippen LogP contribution in [0.25, 0.3) is 6.08 Å². The Morgan fingerprint density at radius 3 is 2.55 bits per heavy atom. The van der Waals surface area contributed by atoms with Crippen LogP contribution >= 0.6 is 0 Å². The van der Waals surface area contributed by atoms with Crippen LogP contribution in [0.4, 0.5) is 0 Å². The number of hydrogen-bond acceptors (Lipinski definition) is 9. The predicted molar refractivity (Wildman–Crippen MR) is 132 cm³/mol. The molecule has 5 fully saturated rings. The molecule has 3 heterocycles. The molecule has 3 aliphatic carbocycles. The Labute approximate surface area is 220 Å². The Morgan fingerprint density at radius 1 is 1.13 bits per heavy atom. The Kier molecular flexibility index (Phi) is 4.25. The molecule has 0 radical (unpaired) electrons. The number of fused-ring (bicyclic) bond motifs is 2. The number of ketones is 1. The van der Waals surface area contributed by atoms with Crippen LogP contribution < -0.4 is 9.47 Å². The van der Waals surface area contributed by atoms with E-state index in [4.69, 9.17) is 18.9 Å². The summed E-state index contributed by atoms with van der Waals surface area (Å²) in [6.45, 7) is 7.92. The average molecular weight is 525 g/mol. The molecule has 1 aromatic carbocycles. The summed E-state index contributed by atoms with van der Waals surface area (Å²) < 4.78 is 23.9. The van der Waals surface area contributed by atoms with Gasteiger partial charge in [0, 0.05) is 6.07 Å². The molecule has 7 rings (SSSR count). The maximum absolute atomic E-state index is 13.8. The summed E-state index contributed by atoms with van der Waals surface area (Å²) >= 11 is 0. The highest BCUT2D eigenvalue weighted by molar-refractivity contribution is 6.07. The van der Waals surface area contributed by atoms with Gasteiger partial charge in [0.1, 0.15) is 22.8 Å². The van der Waals surface area contributed by atoms with Gasteiger partial charge >= 0.3 is 11.9 Å². The molecule has 1 aromatic rings. The van der Waals surface area contributed by atoms with Gasteiger partial charge < -0.3 is 29.2 Å². The van der Waals surface area contributed by atoms with Gasteiger partial charge in [0.05, 0.1) is 24.2 Å². The monoisotopic (exact) mass is 524 g/mol. The van der Waals surface area contributed by atoms with E-state index in [0.717, 1.165) is 25.7 Å². The van der Waals surface area contributed by atoms with Crippen molar-refractivity contribution in [3.63, 3.8) is 0 Å². The molecule has 2 N–H and O–H groups in total. The number of ether oxygens (including phenoxy) is 4. The number of Topliss-reactive ketones (excluding diaryl/α,β-unsaturated/α-hetero) is 1. The predicted octanol–water partition coefficient (Wildman–Crippen LogP) is 3.33. The lowest BCUT2D eigenvalue weighted by molar-refractivity contribution is -0.214. The number of benzene rings is 1. The highest BCUT2D eigenvalue weighted by Gasteiger charge is 2.94. The quantitative estimate of drug-likeness (QED) is 0.442. The third-order valence-electron chi connectivity index (χ3n) is 10.9. The minimum atomic E-state index is -2.20. The number of phenols is 1. The molecule has 202 valence electrons. The van der Waals surface area contributed by atoms with Gasteiger partial charge in [-0.25, -0.2) is 9.59 Å². The summed E-state index contributed by atoms with van der Waals surface area (Å²) in [5, 5.41) is 23.7. The van der Waals surface area contributed by atoms with Crippen LogP contribution in [0.1, 0.15) is 75.7 Å². The summed E-state index contributed by atoms with van der Waals surface area (Å²) in [5.74, 6) is -2.66. The van der Waals surface area contributed by atoms with Crippen molar-refractivity contribution in [1.29, 1.82) is 0 Å². The first-order valence-corrected chi connectivity index (χ1v) is 13.3. The van der Waals surface area contributed by atoms with Crippen LogP contribution in [0, 0.1) is 22.7 Å². The van der Waals surface area contributed by atoms with Gasteiger partial charge in [0.25, 0.3) is 0 Å². The van der Waals surface area contributed by atoms with Crippen molar-refractivity contribution >= 4 is 23.8 Å². The molecule has 1 unspecified atom stereocenters. The molecule has 9 nitrogen and oxygen atoms in total. The number of esters is 2. The number of carbonyl (C=O) groups is 3. The third kappa shape index (κ3) is 2.26. The minimum absolute atomic E-state index is 0.000435. The molecular weight excluding hydrogens is 492 g/mol. The van der Waals surface area contributed by atoms with E-state index in [-0.39, 0.29) is 39.5 Å². The fraction of sp³-hybridized carbons (Fsp3) is 0.621. The van der Waals surface area contributed by atoms with E-state index in [1.165, 1.54) is 26.2 Å². The largest absolute Gasteiger partial charge is 0.506 e. The third-order valence-corrected chi connectivity index (χ3v) is 10.9. The normalized spacial score (nSPS) is 42.9. The molecule has 38 heavy (non-hydrogen) atoms. The van der Waals surface area contributed by atoms with Gasteiger partial charge in [-0.15, -0.1) is 0 Å². The van der Waals surface area contributed by atoms with Gasteiger partial charge in [-0.1, -0.05) is 27.2 Å². The zero-order valence-electron chi connectivity index (χ0n) is 22.2. The van der Waals surface area contributed by atoms with Gasteiger partial charge in [0.15, 0.2) is 17.5 Å². The molecule has 6 aliphatic rings. The maximum atomic E-state index is 13.8. The number of phenolic OH excluding ortho intramolecular Hbond substituents is 1. The highest BCUT2D eigenvalue weighted by Crippen LogP contribution is 2.77. The number of carbonyl (C=O) groups excluding carboxylic acids is 3. The second-order valence-corrected chi connectivity index (χ2v) is 12.9. The van der Waals surface area contributed by atoms with Crippen molar-refractivity contribution in [2.24, 2.45) is 22.7 Å². The molecule has 1 spiro atoms. The first kappa shape index (κ1) is 24.0. The summed E-state index contributed by atoms with van der Waals surface area (Å²) in [6.07, 6.45) is 4.33. The molecule has 2 saturated heterocycles. The second-order valence-electron chi connectivity index (χ2n) is 12.9. The Balaban J connectivity index is 1.48. The summed E-state index contributed by atoms with van der Waals surface area (Å²) in [5.41, 5.74) is -5.77. The standard InChI is InChI=1S/C29H32O9/c1-13(30)19-17(35-5)12-16-14(20(19)31)11-15-21(32)36-23-27-10-7-18-25(2,3)8-6-9-26(18,4)22(27)28(34,24(33)38-27)29(15,23)37-16/h11-12,18,22-23,31,34H,6-10H2,1-5H3/t18-,22+,23+,26-,27-,28+,29?/m1/s1. The highest BCUT2D eigenvalue weighted by atomic mass is 16.7. The Morgan fingerprint density at radius 2 is 1.87 bits per heavy atom. The lowest BCUT2D eigenvalue weighted by atomic mass is 9.44. The topological polar surface area (TPSA) is 129 Å². The van der Waals surface area contributed by atoms with Crippen molar-refractivity contribution in [2.45, 2.75) is 82.7 Å². The number of rotatable bonds is 2. The fourth-order valence-electron chi connectivity index (χ4n) is 9.74. The molecule has 0 aromatic heterocycles. The van der Waals surface area contributed by atoms with Crippen LogP contribution in [-0.4, -0.2) is 58.0 Å². The molecule has 9 heteroatoms. The molecular formula is C29H32O9. The van der Waals surface area contributed by atoms with E-state index in [9.17, 15) is 24.6 Å². The van der Waals surface area contributed by atoms with Gasteiger partial charge in [-0.3, -0.25) is 4.79 Å². The lowest BCUT2D eigenvalue weighted by Gasteiger charge is -2.59. The number of hydrogen-bond donors (Lipinski definition) is 2. The lowest BCUT2D eigenvalue weighted by Crippen LogP contribution is -2.68. The number of aromatic hydroxyl groups is 1. The molecule has 0 amide bonds. The Hall–Kier alpha value is -3.07. The van der Waals surface area contributed by atoms with Crippen molar-refractivity contribution in [1.82, 2.24) is 0 Å². The van der Waals surface area contributed by atoms with Crippen molar-refractivity contribution < 1.29 is 43.5 Å². The fourth-order valence-corrected chi connectivity index (χ4v) is 9.74. The van der Waals surface area contributed by atoms with Gasteiger partial charge in [-0.2, -0.15) is 0 Å². The first-order valence-electron chi connectivity index (χ1n) is 13.3. The number of methoxy groups -OCH3 is 1. The minimum Gasteiger partial charge on any atom is -0.506 e. The second kappa shape index (κ2) is 6.73. The molecule has 2 bridgehead atoms. The van der Waals surface area contributed by atoms with Gasteiger partial charge in [0.2, 0.25) is 11.2 Å². The number of aliphatic hydroxyl groups is 1. The smallest absolute Gasteiger partial charge is 0.344 e. The SMILES string of the molecule is COc1cc2c(c(O)c1C(C)=O)C=C1C(=O)O[C@@H]3C1(O2)[C@@]1(O)C(=O)O[C@@]32CC[C@@H]3C(C)(C)CCC[C@@]3(C)[C@@H]21. The van der Waals surface area contributed by atoms with Crippen molar-refractivity contribution in [3.8, 4) is 17.2 Å². The van der Waals surface area contributed by atoms with Crippen LogP contribution in [0.2, 0.25) is 0 Å².